The molecule has 0 aliphatic heterocycles. The van der Waals surface area contributed by atoms with Crippen LogP contribution in [0.2, 0.25) is 5.02 Å². The molecular weight excluding hydrogens is 293 g/mol. The van der Waals surface area contributed by atoms with Crippen LogP contribution >= 0.6 is 11.6 Å². The molecule has 0 spiro atoms. The van der Waals surface area contributed by atoms with Gasteiger partial charge in [-0.15, -0.1) is 0 Å². The zero-order chi connectivity index (χ0) is 15.0. The van der Waals surface area contributed by atoms with Crippen molar-refractivity contribution in [2.45, 2.75) is 0 Å². The SMILES string of the molecule is Nc1ccc2c(C(=O)Nc3ccc(Cl)c(F)c3)c[nH]c2c1. The minimum Gasteiger partial charge on any atom is -0.399 e. The summed E-state index contributed by atoms with van der Waals surface area (Å²) in [6.45, 7) is 0. The Morgan fingerprint density at radius 1 is 1.24 bits per heavy atom. The Hall–Kier alpha value is -2.53. The third-order valence-corrected chi connectivity index (χ3v) is 3.43. The molecule has 21 heavy (non-hydrogen) atoms. The van der Waals surface area contributed by atoms with E-state index in [0.717, 1.165) is 10.9 Å². The number of rotatable bonds is 2. The number of anilines is 2. The average Bonchev–Trinajstić information content (AvgIpc) is 2.85. The first kappa shape index (κ1) is 13.5. The second kappa shape index (κ2) is 5.10. The van der Waals surface area contributed by atoms with Crippen LogP contribution in [0.3, 0.4) is 0 Å². The quantitative estimate of drug-likeness (QED) is 0.630. The number of nitrogens with one attached hydrogen (secondary N) is 2. The van der Waals surface area contributed by atoms with Crippen LogP contribution in [0.15, 0.2) is 42.6 Å². The van der Waals surface area contributed by atoms with E-state index in [-0.39, 0.29) is 10.9 Å². The molecule has 0 bridgehead atoms. The number of aromatic nitrogens is 1. The topological polar surface area (TPSA) is 70.9 Å². The highest BCUT2D eigenvalue weighted by molar-refractivity contribution is 6.30. The smallest absolute Gasteiger partial charge is 0.257 e. The van der Waals surface area contributed by atoms with E-state index in [1.165, 1.54) is 18.2 Å². The summed E-state index contributed by atoms with van der Waals surface area (Å²) < 4.78 is 13.4. The number of H-pyrrole nitrogens is 1. The van der Waals surface area contributed by atoms with Gasteiger partial charge in [-0.3, -0.25) is 4.79 Å². The maximum atomic E-state index is 13.4. The van der Waals surface area contributed by atoms with Crippen LogP contribution < -0.4 is 11.1 Å². The molecule has 6 heteroatoms. The van der Waals surface area contributed by atoms with E-state index < -0.39 is 5.82 Å². The van der Waals surface area contributed by atoms with Crippen molar-refractivity contribution in [2.24, 2.45) is 0 Å². The van der Waals surface area contributed by atoms with E-state index in [1.807, 2.05) is 0 Å². The Balaban J connectivity index is 1.91. The van der Waals surface area contributed by atoms with Gasteiger partial charge in [-0.1, -0.05) is 11.6 Å². The lowest BCUT2D eigenvalue weighted by Gasteiger charge is -2.05. The minimum absolute atomic E-state index is 0.00979. The van der Waals surface area contributed by atoms with Crippen molar-refractivity contribution in [3.63, 3.8) is 0 Å². The van der Waals surface area contributed by atoms with Crippen molar-refractivity contribution in [3.05, 3.63) is 59.0 Å². The van der Waals surface area contributed by atoms with Crippen LogP contribution in [0.1, 0.15) is 10.4 Å². The summed E-state index contributed by atoms with van der Waals surface area (Å²) in [6, 6.07) is 9.33. The number of amides is 1. The van der Waals surface area contributed by atoms with Gasteiger partial charge in [0, 0.05) is 28.5 Å². The number of halogens is 2. The fraction of sp³-hybridized carbons (Fsp3) is 0. The van der Waals surface area contributed by atoms with Crippen molar-refractivity contribution in [1.29, 1.82) is 0 Å². The summed E-state index contributed by atoms with van der Waals surface area (Å²) in [7, 11) is 0. The summed E-state index contributed by atoms with van der Waals surface area (Å²) in [6.07, 6.45) is 1.59. The van der Waals surface area contributed by atoms with Crippen LogP contribution in [0.25, 0.3) is 10.9 Å². The van der Waals surface area contributed by atoms with Crippen LogP contribution in [0, 0.1) is 5.82 Å². The van der Waals surface area contributed by atoms with Gasteiger partial charge in [-0.05, 0) is 36.4 Å². The normalized spacial score (nSPS) is 10.8. The third kappa shape index (κ3) is 2.55. The average molecular weight is 304 g/mol. The third-order valence-electron chi connectivity index (χ3n) is 3.13. The van der Waals surface area contributed by atoms with Gasteiger partial charge < -0.3 is 16.0 Å². The van der Waals surface area contributed by atoms with E-state index in [1.54, 1.807) is 24.4 Å². The molecule has 1 heterocycles. The van der Waals surface area contributed by atoms with Crippen molar-refractivity contribution >= 4 is 39.8 Å². The molecule has 3 aromatic rings. The molecule has 0 fully saturated rings. The summed E-state index contributed by atoms with van der Waals surface area (Å²) in [5.41, 5.74) is 7.86. The number of carbonyl (C=O) groups excluding carboxylic acids is 1. The second-order valence-corrected chi connectivity index (χ2v) is 5.00. The number of benzene rings is 2. The predicted molar refractivity (Wildman–Crippen MR) is 82.1 cm³/mol. The van der Waals surface area contributed by atoms with Gasteiger partial charge in [0.1, 0.15) is 5.82 Å². The maximum Gasteiger partial charge on any atom is 0.257 e. The van der Waals surface area contributed by atoms with Crippen molar-refractivity contribution in [3.8, 4) is 0 Å². The fourth-order valence-electron chi connectivity index (χ4n) is 2.10. The Morgan fingerprint density at radius 2 is 2.05 bits per heavy atom. The molecular formula is C15H11ClFN3O. The number of nitrogens with two attached hydrogens (primary N) is 1. The van der Waals surface area contributed by atoms with E-state index in [9.17, 15) is 9.18 Å². The minimum atomic E-state index is -0.582. The largest absolute Gasteiger partial charge is 0.399 e. The molecule has 0 radical (unpaired) electrons. The van der Waals surface area contributed by atoms with Crippen LogP contribution in [0.5, 0.6) is 0 Å². The molecule has 0 saturated carbocycles. The second-order valence-electron chi connectivity index (χ2n) is 4.59. The zero-order valence-electron chi connectivity index (χ0n) is 10.8. The molecule has 2 aromatic carbocycles. The molecule has 0 saturated heterocycles. The van der Waals surface area contributed by atoms with E-state index >= 15 is 0 Å². The summed E-state index contributed by atoms with van der Waals surface area (Å²) in [5.74, 6) is -0.922. The zero-order valence-corrected chi connectivity index (χ0v) is 11.5. The molecule has 3 rings (SSSR count). The lowest BCUT2D eigenvalue weighted by molar-refractivity contribution is 0.102. The molecule has 106 valence electrons. The molecule has 0 atom stereocenters. The Labute approximate surface area is 124 Å². The highest BCUT2D eigenvalue weighted by Crippen LogP contribution is 2.23. The lowest BCUT2D eigenvalue weighted by atomic mass is 10.1. The lowest BCUT2D eigenvalue weighted by Crippen LogP contribution is -2.11. The van der Waals surface area contributed by atoms with E-state index in [2.05, 4.69) is 10.3 Å². The molecule has 0 aliphatic rings. The van der Waals surface area contributed by atoms with Gasteiger partial charge in [0.15, 0.2) is 0 Å². The van der Waals surface area contributed by atoms with Gasteiger partial charge in [-0.25, -0.2) is 4.39 Å². The summed E-state index contributed by atoms with van der Waals surface area (Å²) in [5, 5.41) is 3.39. The van der Waals surface area contributed by atoms with Gasteiger partial charge in [-0.2, -0.15) is 0 Å². The number of nitrogen functional groups attached to an aromatic ring is 1. The van der Waals surface area contributed by atoms with Gasteiger partial charge in [0.25, 0.3) is 5.91 Å². The molecule has 4 N–H and O–H groups in total. The van der Waals surface area contributed by atoms with E-state index in [0.29, 0.717) is 16.9 Å². The standard InChI is InChI=1S/C15H11ClFN3O/c16-12-4-2-9(6-13(12)17)20-15(21)11-7-19-14-5-8(18)1-3-10(11)14/h1-7,19H,18H2,(H,20,21). The van der Waals surface area contributed by atoms with Crippen LogP contribution in [-0.4, -0.2) is 10.9 Å². The fourth-order valence-corrected chi connectivity index (χ4v) is 2.22. The number of fused-ring (bicyclic) bond motifs is 1. The highest BCUT2D eigenvalue weighted by atomic mass is 35.5. The van der Waals surface area contributed by atoms with Crippen molar-refractivity contribution < 1.29 is 9.18 Å². The van der Waals surface area contributed by atoms with Crippen molar-refractivity contribution in [2.75, 3.05) is 11.1 Å². The number of hydrogen-bond donors (Lipinski definition) is 3. The Morgan fingerprint density at radius 3 is 2.81 bits per heavy atom. The number of hydrogen-bond acceptors (Lipinski definition) is 2. The van der Waals surface area contributed by atoms with E-state index in [4.69, 9.17) is 17.3 Å². The predicted octanol–water partition coefficient (Wildman–Crippen LogP) is 3.79. The maximum absolute atomic E-state index is 13.4. The number of carbonyl (C=O) groups is 1. The van der Waals surface area contributed by atoms with Crippen molar-refractivity contribution in [1.82, 2.24) is 4.98 Å². The Bertz CT molecular complexity index is 844. The van der Waals surface area contributed by atoms with Gasteiger partial charge in [0.2, 0.25) is 0 Å². The molecule has 4 nitrogen and oxygen atoms in total. The monoisotopic (exact) mass is 303 g/mol. The Kier molecular flexibility index (Phi) is 3.27. The number of aromatic amines is 1. The first-order valence-corrected chi connectivity index (χ1v) is 6.55. The van der Waals surface area contributed by atoms with Gasteiger partial charge >= 0.3 is 0 Å². The molecule has 1 aromatic heterocycles. The first-order valence-electron chi connectivity index (χ1n) is 6.17. The molecule has 0 unspecified atom stereocenters. The highest BCUT2D eigenvalue weighted by Gasteiger charge is 2.13. The summed E-state index contributed by atoms with van der Waals surface area (Å²) in [4.78, 5) is 15.2. The first-order chi connectivity index (χ1) is 10.0. The molecule has 0 aliphatic carbocycles. The van der Waals surface area contributed by atoms with Gasteiger partial charge in [0.05, 0.1) is 10.6 Å². The molecule has 1 amide bonds. The summed E-state index contributed by atoms with van der Waals surface area (Å²) >= 11 is 5.61. The van der Waals surface area contributed by atoms with Crippen LogP contribution in [0.4, 0.5) is 15.8 Å². The van der Waals surface area contributed by atoms with Crippen LogP contribution in [-0.2, 0) is 0 Å².